The number of carbonyl (C=O) groups is 1. The first-order valence-electron chi connectivity index (χ1n) is 8.45. The summed E-state index contributed by atoms with van der Waals surface area (Å²) in [6.45, 7) is 3.30. The fourth-order valence-electron chi connectivity index (χ4n) is 2.68. The summed E-state index contributed by atoms with van der Waals surface area (Å²) < 4.78 is 3.49. The zero-order valence-electron chi connectivity index (χ0n) is 14.2. The summed E-state index contributed by atoms with van der Waals surface area (Å²) in [6, 6.07) is 9.06. The lowest BCUT2D eigenvalue weighted by Gasteiger charge is -2.10. The molecule has 0 saturated carbocycles. The van der Waals surface area contributed by atoms with Crippen molar-refractivity contribution in [3.05, 3.63) is 52.9 Å². The second-order valence-electron chi connectivity index (χ2n) is 5.84. The van der Waals surface area contributed by atoms with Gasteiger partial charge in [0.05, 0.1) is 24.5 Å². The number of unbranched alkanes of at least 4 members (excludes halogenated alkanes) is 1. The number of fused-ring (bicyclic) bond motifs is 1. The van der Waals surface area contributed by atoms with Crippen LogP contribution >= 0.6 is 0 Å². The van der Waals surface area contributed by atoms with E-state index in [2.05, 4.69) is 22.4 Å². The summed E-state index contributed by atoms with van der Waals surface area (Å²) >= 11 is 0. The Morgan fingerprint density at radius 2 is 1.96 bits per heavy atom. The molecule has 0 radical (unpaired) electrons. The van der Waals surface area contributed by atoms with Crippen molar-refractivity contribution in [2.75, 3.05) is 5.32 Å². The Morgan fingerprint density at radius 1 is 1.12 bits per heavy atom. The summed E-state index contributed by atoms with van der Waals surface area (Å²) in [7, 11) is 0. The average Bonchev–Trinajstić information content (AvgIpc) is 3.06. The highest BCUT2D eigenvalue weighted by Gasteiger charge is 2.09. The van der Waals surface area contributed by atoms with Gasteiger partial charge in [0, 0.05) is 24.4 Å². The molecule has 0 saturated heterocycles. The maximum absolute atomic E-state index is 12.3. The van der Waals surface area contributed by atoms with E-state index in [-0.39, 0.29) is 17.8 Å². The molecule has 0 bridgehead atoms. The van der Waals surface area contributed by atoms with Crippen LogP contribution in [0.3, 0.4) is 0 Å². The minimum Gasteiger partial charge on any atom is -0.311 e. The van der Waals surface area contributed by atoms with Crippen molar-refractivity contribution in [3.63, 3.8) is 0 Å². The first kappa shape index (κ1) is 16.9. The number of para-hydroxylation sites is 1. The molecule has 25 heavy (non-hydrogen) atoms. The number of carbonyl (C=O) groups excluding carboxylic acids is 1. The molecule has 0 aliphatic rings. The molecule has 0 fully saturated rings. The fourth-order valence-corrected chi connectivity index (χ4v) is 2.68. The molecular weight excluding hydrogens is 318 g/mol. The third kappa shape index (κ3) is 3.93. The van der Waals surface area contributed by atoms with Gasteiger partial charge < -0.3 is 5.32 Å². The molecule has 130 valence electrons. The predicted octanol–water partition coefficient (Wildman–Crippen LogP) is 2.42. The van der Waals surface area contributed by atoms with Crippen LogP contribution in [0.5, 0.6) is 0 Å². The Labute approximate surface area is 145 Å². The van der Waals surface area contributed by atoms with Crippen LogP contribution in [0.2, 0.25) is 0 Å². The van der Waals surface area contributed by atoms with Crippen molar-refractivity contribution in [2.24, 2.45) is 0 Å². The molecular formula is C18H21N5O2. The molecule has 2 heterocycles. The summed E-state index contributed by atoms with van der Waals surface area (Å²) in [5.41, 5.74) is 0.618. The van der Waals surface area contributed by atoms with Crippen LogP contribution in [0.15, 0.2) is 47.5 Å². The Kier molecular flexibility index (Phi) is 5.23. The Morgan fingerprint density at radius 3 is 2.80 bits per heavy atom. The standard InChI is InChI=1S/C18H21N5O2/c1-2-3-11-23-17(8-10-19-23)21-18(25)9-12-22-15-7-5-4-6-14(15)16(24)13-20-22/h4-8,10,13H,2-3,9,11-12H2,1H3,(H,21,25). The highest BCUT2D eigenvalue weighted by molar-refractivity contribution is 5.89. The Bertz CT molecular complexity index is 928. The van der Waals surface area contributed by atoms with Gasteiger partial charge in [0.1, 0.15) is 5.82 Å². The summed E-state index contributed by atoms with van der Waals surface area (Å²) in [5.74, 6) is 0.596. The second-order valence-corrected chi connectivity index (χ2v) is 5.84. The molecule has 1 aromatic carbocycles. The van der Waals surface area contributed by atoms with E-state index in [1.54, 1.807) is 27.7 Å². The molecule has 0 unspecified atom stereocenters. The number of nitrogens with zero attached hydrogens (tertiary/aromatic N) is 4. The average molecular weight is 339 g/mol. The number of hydrogen-bond acceptors (Lipinski definition) is 4. The number of benzene rings is 1. The minimum atomic E-state index is -0.115. The molecule has 7 nitrogen and oxygen atoms in total. The van der Waals surface area contributed by atoms with Crippen molar-refractivity contribution in [3.8, 4) is 0 Å². The Hall–Kier alpha value is -2.96. The monoisotopic (exact) mass is 339 g/mol. The van der Waals surface area contributed by atoms with E-state index < -0.39 is 0 Å². The van der Waals surface area contributed by atoms with Gasteiger partial charge in [0.2, 0.25) is 11.3 Å². The third-order valence-corrected chi connectivity index (χ3v) is 4.02. The fraction of sp³-hybridized carbons (Fsp3) is 0.333. The van der Waals surface area contributed by atoms with Crippen LogP contribution in [0.25, 0.3) is 10.9 Å². The molecule has 1 N–H and O–H groups in total. The first-order valence-corrected chi connectivity index (χ1v) is 8.45. The molecule has 2 aromatic heterocycles. The van der Waals surface area contributed by atoms with Crippen LogP contribution in [-0.4, -0.2) is 25.5 Å². The SMILES string of the molecule is CCCCn1nccc1NC(=O)CCn1ncc(=O)c2ccccc21. The van der Waals surface area contributed by atoms with Crippen LogP contribution < -0.4 is 10.7 Å². The lowest BCUT2D eigenvalue weighted by molar-refractivity contribution is -0.116. The highest BCUT2D eigenvalue weighted by Crippen LogP contribution is 2.10. The quantitative estimate of drug-likeness (QED) is 0.717. The van der Waals surface area contributed by atoms with Gasteiger partial charge in [-0.05, 0) is 18.6 Å². The molecule has 0 atom stereocenters. The van der Waals surface area contributed by atoms with Gasteiger partial charge in [-0.25, -0.2) is 4.68 Å². The molecule has 7 heteroatoms. The zero-order valence-corrected chi connectivity index (χ0v) is 14.2. The van der Waals surface area contributed by atoms with Crippen molar-refractivity contribution >= 4 is 22.6 Å². The maximum atomic E-state index is 12.3. The number of amides is 1. The molecule has 0 spiro atoms. The van der Waals surface area contributed by atoms with Crippen LogP contribution in [0.1, 0.15) is 26.2 Å². The number of aryl methyl sites for hydroxylation is 2. The largest absolute Gasteiger partial charge is 0.311 e. The predicted molar refractivity (Wildman–Crippen MR) is 96.4 cm³/mol. The highest BCUT2D eigenvalue weighted by atomic mass is 16.1. The normalized spacial score (nSPS) is 10.9. The number of anilines is 1. The third-order valence-electron chi connectivity index (χ3n) is 4.02. The van der Waals surface area contributed by atoms with Crippen LogP contribution in [0, 0.1) is 0 Å². The van der Waals surface area contributed by atoms with Gasteiger partial charge in [0.25, 0.3) is 0 Å². The van der Waals surface area contributed by atoms with Gasteiger partial charge in [-0.2, -0.15) is 10.2 Å². The number of nitrogens with one attached hydrogen (secondary N) is 1. The molecule has 0 aliphatic heterocycles. The van der Waals surface area contributed by atoms with Crippen molar-refractivity contribution < 1.29 is 4.79 Å². The first-order chi connectivity index (χ1) is 12.2. The lowest BCUT2D eigenvalue weighted by Crippen LogP contribution is -2.19. The summed E-state index contributed by atoms with van der Waals surface area (Å²) in [4.78, 5) is 24.1. The van der Waals surface area contributed by atoms with Crippen LogP contribution in [0.4, 0.5) is 5.82 Å². The van der Waals surface area contributed by atoms with Crippen molar-refractivity contribution in [2.45, 2.75) is 39.3 Å². The van der Waals surface area contributed by atoms with Gasteiger partial charge in [0.15, 0.2) is 0 Å². The van der Waals surface area contributed by atoms with E-state index in [1.165, 1.54) is 6.20 Å². The van der Waals surface area contributed by atoms with Gasteiger partial charge in [-0.15, -0.1) is 0 Å². The van der Waals surface area contributed by atoms with E-state index in [1.807, 2.05) is 18.2 Å². The van der Waals surface area contributed by atoms with E-state index in [0.717, 1.165) is 24.9 Å². The Balaban J connectivity index is 1.66. The summed E-state index contributed by atoms with van der Waals surface area (Å²) in [6.07, 6.45) is 5.32. The topological polar surface area (TPSA) is 81.8 Å². The summed E-state index contributed by atoms with van der Waals surface area (Å²) in [5, 5.41) is 11.9. The van der Waals surface area contributed by atoms with Crippen molar-refractivity contribution in [1.29, 1.82) is 0 Å². The molecule has 3 rings (SSSR count). The van der Waals surface area contributed by atoms with E-state index in [0.29, 0.717) is 17.7 Å². The van der Waals surface area contributed by atoms with E-state index in [9.17, 15) is 9.59 Å². The molecule has 3 aromatic rings. The van der Waals surface area contributed by atoms with Crippen LogP contribution in [-0.2, 0) is 17.9 Å². The molecule has 0 aliphatic carbocycles. The zero-order chi connectivity index (χ0) is 17.6. The number of aromatic nitrogens is 4. The molecule has 1 amide bonds. The minimum absolute atomic E-state index is 0.108. The van der Waals surface area contributed by atoms with Gasteiger partial charge in [-0.3, -0.25) is 14.3 Å². The number of hydrogen-bond donors (Lipinski definition) is 1. The number of rotatable bonds is 7. The van der Waals surface area contributed by atoms with E-state index in [4.69, 9.17) is 0 Å². The lowest BCUT2D eigenvalue weighted by atomic mass is 10.2. The maximum Gasteiger partial charge on any atom is 0.227 e. The van der Waals surface area contributed by atoms with Gasteiger partial charge >= 0.3 is 0 Å². The van der Waals surface area contributed by atoms with Crippen molar-refractivity contribution in [1.82, 2.24) is 19.6 Å². The second kappa shape index (κ2) is 7.74. The smallest absolute Gasteiger partial charge is 0.227 e. The van der Waals surface area contributed by atoms with E-state index >= 15 is 0 Å². The van der Waals surface area contributed by atoms with Gasteiger partial charge in [-0.1, -0.05) is 25.5 Å².